The van der Waals surface area contributed by atoms with Gasteiger partial charge in [-0.2, -0.15) is 0 Å². The van der Waals surface area contributed by atoms with Gasteiger partial charge in [0, 0.05) is 16.7 Å². The van der Waals surface area contributed by atoms with E-state index in [1.54, 1.807) is 10.4 Å². The molecule has 0 saturated heterocycles. The molecule has 8 aromatic carbocycles. The van der Waals surface area contributed by atoms with Crippen molar-refractivity contribution in [1.82, 2.24) is 15.0 Å². The molecule has 0 saturated carbocycles. The lowest BCUT2D eigenvalue weighted by Gasteiger charge is -2.31. The minimum atomic E-state index is -2.25. The molecule has 55 heavy (non-hydrogen) atoms. The van der Waals surface area contributed by atoms with E-state index in [1.165, 1.54) is 92.0 Å². The topological polar surface area (TPSA) is 38.7 Å². The highest BCUT2D eigenvalue weighted by Crippen LogP contribution is 2.44. The predicted molar refractivity (Wildman–Crippen MR) is 236 cm³/mol. The largest absolute Gasteiger partial charge is 0.208 e. The van der Waals surface area contributed by atoms with Gasteiger partial charge in [0.05, 0.1) is 0 Å². The molecule has 0 amide bonds. The molecule has 1 aliphatic heterocycles. The summed E-state index contributed by atoms with van der Waals surface area (Å²) in [6.07, 6.45) is 4.82. The molecular formula is C51H43N3Si. The Hall–Kier alpha value is -5.97. The van der Waals surface area contributed by atoms with Crippen molar-refractivity contribution in [3.63, 3.8) is 0 Å². The molecule has 0 atom stereocenters. The standard InChI is InChI=1S/C51H43N3Si/c1-3-5-29-55(30-6-4-2)46-31-37(51-53-49(35-18-9-7-10-19-35)52-50(54-51)36-20-11-8-12-21-36)26-27-41(46)44-32-43-40-24-16-15-23-39(40)42-28-25-34-17-13-14-22-38(34)48(42)45(43)33-47(44)55/h7-28,31-33H,3-6,29-30H2,1-2H3. The van der Waals surface area contributed by atoms with E-state index in [1.807, 2.05) is 36.4 Å². The molecule has 4 heteroatoms. The number of hydrogen-bond donors (Lipinski definition) is 0. The Morgan fingerprint density at radius 2 is 0.945 bits per heavy atom. The van der Waals surface area contributed by atoms with Crippen LogP contribution in [0.1, 0.15) is 39.5 Å². The number of nitrogens with zero attached hydrogens (tertiary/aromatic N) is 3. The van der Waals surface area contributed by atoms with Crippen LogP contribution < -0.4 is 10.4 Å². The van der Waals surface area contributed by atoms with Crippen LogP contribution in [0, 0.1) is 0 Å². The van der Waals surface area contributed by atoms with Crippen molar-refractivity contribution in [3.8, 4) is 45.3 Å². The molecule has 0 radical (unpaired) electrons. The molecule has 0 aliphatic carbocycles. The van der Waals surface area contributed by atoms with Gasteiger partial charge in [-0.3, -0.25) is 0 Å². The van der Waals surface area contributed by atoms with Gasteiger partial charge in [-0.15, -0.1) is 0 Å². The summed E-state index contributed by atoms with van der Waals surface area (Å²) < 4.78 is 0. The van der Waals surface area contributed by atoms with Gasteiger partial charge in [-0.1, -0.05) is 185 Å². The normalized spacial score (nSPS) is 13.1. The Bertz CT molecular complexity index is 2840. The molecule has 1 aromatic heterocycles. The number of fused-ring (bicyclic) bond motifs is 11. The summed E-state index contributed by atoms with van der Waals surface area (Å²) in [6, 6.07) is 58.1. The first-order valence-corrected chi connectivity index (χ1v) is 22.4. The maximum Gasteiger partial charge on any atom is 0.164 e. The van der Waals surface area contributed by atoms with Crippen LogP contribution in [-0.2, 0) is 0 Å². The van der Waals surface area contributed by atoms with Gasteiger partial charge < -0.3 is 0 Å². The Morgan fingerprint density at radius 1 is 0.400 bits per heavy atom. The van der Waals surface area contributed by atoms with Gasteiger partial charge in [0.15, 0.2) is 17.5 Å². The van der Waals surface area contributed by atoms with Gasteiger partial charge in [-0.05, 0) is 82.7 Å². The molecule has 1 aliphatic rings. The Labute approximate surface area is 323 Å². The Morgan fingerprint density at radius 3 is 1.58 bits per heavy atom. The van der Waals surface area contributed by atoms with Crippen LogP contribution in [0.2, 0.25) is 12.1 Å². The van der Waals surface area contributed by atoms with E-state index in [9.17, 15) is 0 Å². The summed E-state index contributed by atoms with van der Waals surface area (Å²) in [5.74, 6) is 2.13. The summed E-state index contributed by atoms with van der Waals surface area (Å²) in [5.41, 5.74) is 5.89. The van der Waals surface area contributed by atoms with E-state index >= 15 is 0 Å². The van der Waals surface area contributed by atoms with E-state index in [4.69, 9.17) is 15.0 Å². The molecule has 3 nitrogen and oxygen atoms in total. The van der Waals surface area contributed by atoms with Gasteiger partial charge in [-0.25, -0.2) is 15.0 Å². The third kappa shape index (κ3) is 5.50. The molecule has 0 N–H and O–H groups in total. The molecule has 0 spiro atoms. The van der Waals surface area contributed by atoms with Gasteiger partial charge in [0.2, 0.25) is 0 Å². The average Bonchev–Trinajstić information content (AvgIpc) is 3.52. The van der Waals surface area contributed by atoms with Crippen molar-refractivity contribution in [2.24, 2.45) is 0 Å². The number of hydrogen-bond acceptors (Lipinski definition) is 3. The van der Waals surface area contributed by atoms with E-state index in [-0.39, 0.29) is 0 Å². The molecule has 2 heterocycles. The number of rotatable bonds is 9. The van der Waals surface area contributed by atoms with E-state index in [2.05, 4.69) is 129 Å². The molecule has 9 aromatic rings. The van der Waals surface area contributed by atoms with Crippen LogP contribution in [0.4, 0.5) is 0 Å². The average molecular weight is 726 g/mol. The smallest absolute Gasteiger partial charge is 0.164 e. The lowest BCUT2D eigenvalue weighted by molar-refractivity contribution is 0.838. The van der Waals surface area contributed by atoms with Crippen molar-refractivity contribution in [2.75, 3.05) is 0 Å². The number of aromatic nitrogens is 3. The van der Waals surface area contributed by atoms with Crippen LogP contribution in [0.25, 0.3) is 88.4 Å². The molecule has 0 bridgehead atoms. The third-order valence-electron chi connectivity index (χ3n) is 12.1. The minimum absolute atomic E-state index is 0.700. The summed E-state index contributed by atoms with van der Waals surface area (Å²) >= 11 is 0. The predicted octanol–water partition coefficient (Wildman–Crippen LogP) is 12.6. The third-order valence-corrected chi connectivity index (χ3v) is 17.4. The Balaban J connectivity index is 1.25. The zero-order valence-corrected chi connectivity index (χ0v) is 32.5. The zero-order valence-electron chi connectivity index (χ0n) is 31.5. The fourth-order valence-corrected chi connectivity index (χ4v) is 15.2. The van der Waals surface area contributed by atoms with Crippen molar-refractivity contribution in [2.45, 2.75) is 51.6 Å². The minimum Gasteiger partial charge on any atom is -0.208 e. The van der Waals surface area contributed by atoms with E-state index < -0.39 is 8.07 Å². The fourth-order valence-electron chi connectivity index (χ4n) is 9.40. The summed E-state index contributed by atoms with van der Waals surface area (Å²) in [6.45, 7) is 4.70. The lowest BCUT2D eigenvalue weighted by Crippen LogP contribution is -2.55. The van der Waals surface area contributed by atoms with Crippen LogP contribution in [-0.4, -0.2) is 23.0 Å². The molecule has 0 fully saturated rings. The van der Waals surface area contributed by atoms with Crippen LogP contribution in [0.3, 0.4) is 0 Å². The maximum absolute atomic E-state index is 5.18. The van der Waals surface area contributed by atoms with Crippen molar-refractivity contribution >= 4 is 61.5 Å². The number of benzene rings is 8. The first kappa shape index (κ1) is 33.6. The SMILES string of the molecule is CCCC[Si]1(CCCC)c2cc(-c3nc(-c4ccccc4)nc(-c4ccccc4)n3)ccc2-c2cc3c4ccccc4c4ccc5ccccc5c4c3cc21. The zero-order chi connectivity index (χ0) is 36.9. The van der Waals surface area contributed by atoms with Crippen molar-refractivity contribution < 1.29 is 0 Å². The summed E-state index contributed by atoms with van der Waals surface area (Å²) in [4.78, 5) is 15.4. The van der Waals surface area contributed by atoms with Gasteiger partial charge >= 0.3 is 0 Å². The van der Waals surface area contributed by atoms with Gasteiger partial charge in [0.25, 0.3) is 0 Å². The highest BCUT2D eigenvalue weighted by atomic mass is 28.3. The molecule has 266 valence electrons. The second kappa shape index (κ2) is 13.7. The van der Waals surface area contributed by atoms with Crippen LogP contribution in [0.5, 0.6) is 0 Å². The second-order valence-corrected chi connectivity index (χ2v) is 19.5. The Kier molecular flexibility index (Phi) is 8.37. The summed E-state index contributed by atoms with van der Waals surface area (Å²) in [7, 11) is -2.25. The second-order valence-electron chi connectivity index (χ2n) is 15.3. The quantitative estimate of drug-likeness (QED) is 0.110. The first-order chi connectivity index (χ1) is 27.2. The maximum atomic E-state index is 5.18. The number of unbranched alkanes of at least 4 members (excludes halogenated alkanes) is 2. The summed E-state index contributed by atoms with van der Waals surface area (Å²) in [5, 5.41) is 13.9. The highest BCUT2D eigenvalue weighted by Gasteiger charge is 2.45. The van der Waals surface area contributed by atoms with E-state index in [0.29, 0.717) is 11.6 Å². The van der Waals surface area contributed by atoms with E-state index in [0.717, 1.165) is 22.5 Å². The highest BCUT2D eigenvalue weighted by molar-refractivity contribution is 7.05. The molecular weight excluding hydrogens is 683 g/mol. The van der Waals surface area contributed by atoms with Gasteiger partial charge in [0.1, 0.15) is 8.07 Å². The monoisotopic (exact) mass is 725 g/mol. The lowest BCUT2D eigenvalue weighted by atomic mass is 9.89. The first-order valence-electron chi connectivity index (χ1n) is 20.0. The fraction of sp³-hybridized carbons (Fsp3) is 0.157. The van der Waals surface area contributed by atoms with Crippen LogP contribution >= 0.6 is 0 Å². The molecule has 0 unspecified atom stereocenters. The van der Waals surface area contributed by atoms with Crippen molar-refractivity contribution in [3.05, 3.63) is 152 Å². The van der Waals surface area contributed by atoms with Crippen molar-refractivity contribution in [1.29, 1.82) is 0 Å². The van der Waals surface area contributed by atoms with Crippen LogP contribution in [0.15, 0.2) is 152 Å². The molecule has 10 rings (SSSR count).